The number of amides is 1. The Kier molecular flexibility index (Phi) is 6.07. The molecule has 0 bridgehead atoms. The van der Waals surface area contributed by atoms with E-state index in [0.717, 1.165) is 11.1 Å². The number of methoxy groups -OCH3 is 2. The average Bonchev–Trinajstić information content (AvgIpc) is 2.72. The number of ether oxygens (including phenoxy) is 3. The van der Waals surface area contributed by atoms with Crippen LogP contribution in [0.1, 0.15) is 0 Å². The highest BCUT2D eigenvalue weighted by molar-refractivity contribution is 5.93. The normalized spacial score (nSPS) is 10.4. The van der Waals surface area contributed by atoms with Crippen molar-refractivity contribution in [3.8, 4) is 17.2 Å². The van der Waals surface area contributed by atoms with E-state index < -0.39 is 12.6 Å². The van der Waals surface area contributed by atoms with Crippen molar-refractivity contribution < 1.29 is 24.1 Å². The Hall–Kier alpha value is -3.59. The summed E-state index contributed by atoms with van der Waals surface area (Å²) in [6.45, 7) is -0.597. The van der Waals surface area contributed by atoms with E-state index in [1.807, 2.05) is 6.07 Å². The second-order valence-corrected chi connectivity index (χ2v) is 5.64. The second kappa shape index (κ2) is 8.87. The van der Waals surface area contributed by atoms with Crippen LogP contribution in [0.3, 0.4) is 0 Å². The molecular weight excluding hydrogens is 364 g/mol. The summed E-state index contributed by atoms with van der Waals surface area (Å²) in [6.07, 6.45) is 1.47. The van der Waals surface area contributed by atoms with Gasteiger partial charge in [-0.05, 0) is 30.3 Å². The number of nitrogens with zero attached hydrogens (tertiary/aromatic N) is 2. The number of fused-ring (bicyclic) bond motifs is 1. The highest BCUT2D eigenvalue weighted by Gasteiger charge is 2.11. The monoisotopic (exact) mass is 384 g/mol. The second-order valence-electron chi connectivity index (χ2n) is 5.64. The van der Waals surface area contributed by atoms with Gasteiger partial charge in [0.25, 0.3) is 5.91 Å². The molecule has 3 rings (SSSR count). The highest BCUT2D eigenvalue weighted by atomic mass is 16.5. The molecular formula is C19H20N4O5. The van der Waals surface area contributed by atoms with Crippen LogP contribution in [0.5, 0.6) is 17.2 Å². The Morgan fingerprint density at radius 2 is 1.79 bits per heavy atom. The maximum absolute atomic E-state index is 11.3. The Morgan fingerprint density at radius 3 is 2.46 bits per heavy atom. The molecule has 0 atom stereocenters. The summed E-state index contributed by atoms with van der Waals surface area (Å²) in [4.78, 5) is 19.9. The molecule has 0 aliphatic rings. The van der Waals surface area contributed by atoms with Crippen LogP contribution >= 0.6 is 0 Å². The van der Waals surface area contributed by atoms with Gasteiger partial charge in [0.05, 0.1) is 19.7 Å². The van der Waals surface area contributed by atoms with Crippen LogP contribution in [0, 0.1) is 0 Å². The first kappa shape index (κ1) is 19.2. The summed E-state index contributed by atoms with van der Waals surface area (Å²) >= 11 is 0. The number of anilines is 2. The molecule has 1 amide bonds. The van der Waals surface area contributed by atoms with Crippen LogP contribution in [0.4, 0.5) is 11.5 Å². The standard InChI is InChI=1S/C19H20N4O5/c1-26-16-7-14-15(8-17(16)27-2)20-10-21-19(14)23-12-3-5-13(6-4-12)28-9-18(25)22-11-24/h3-8,10,24H,9,11H2,1-2H3,(H,22,25)(H,20,21,23). The minimum absolute atomic E-state index is 0.175. The number of aromatic nitrogens is 2. The van der Waals surface area contributed by atoms with Crippen molar-refractivity contribution in [2.75, 3.05) is 32.9 Å². The van der Waals surface area contributed by atoms with Crippen LogP contribution in [0.25, 0.3) is 10.9 Å². The van der Waals surface area contributed by atoms with Crippen LogP contribution in [0.15, 0.2) is 42.7 Å². The lowest BCUT2D eigenvalue weighted by molar-refractivity contribution is -0.124. The van der Waals surface area contributed by atoms with E-state index in [4.69, 9.17) is 19.3 Å². The molecule has 0 aliphatic carbocycles. The fourth-order valence-electron chi connectivity index (χ4n) is 2.54. The first-order valence-corrected chi connectivity index (χ1v) is 8.38. The number of aliphatic hydroxyl groups excluding tert-OH is 1. The van der Waals surface area contributed by atoms with Crippen molar-refractivity contribution in [3.63, 3.8) is 0 Å². The van der Waals surface area contributed by atoms with Gasteiger partial charge in [-0.15, -0.1) is 0 Å². The number of hydrogen-bond donors (Lipinski definition) is 3. The predicted octanol–water partition coefficient (Wildman–Crippen LogP) is 1.84. The molecule has 0 aliphatic heterocycles. The van der Waals surface area contributed by atoms with Gasteiger partial charge in [-0.1, -0.05) is 0 Å². The van der Waals surface area contributed by atoms with Gasteiger partial charge in [0.2, 0.25) is 0 Å². The third kappa shape index (κ3) is 4.38. The van der Waals surface area contributed by atoms with Crippen molar-refractivity contribution in [2.45, 2.75) is 0 Å². The molecule has 0 fully saturated rings. The average molecular weight is 384 g/mol. The van der Waals surface area contributed by atoms with E-state index in [-0.39, 0.29) is 6.61 Å². The molecule has 3 aromatic rings. The van der Waals surface area contributed by atoms with E-state index in [0.29, 0.717) is 28.6 Å². The van der Waals surface area contributed by atoms with E-state index in [1.165, 1.54) is 6.33 Å². The molecule has 146 valence electrons. The lowest BCUT2D eigenvalue weighted by Gasteiger charge is -2.12. The van der Waals surface area contributed by atoms with Gasteiger partial charge in [0.1, 0.15) is 24.6 Å². The summed E-state index contributed by atoms with van der Waals surface area (Å²) in [6, 6.07) is 10.6. The molecule has 9 heteroatoms. The Balaban J connectivity index is 1.78. The van der Waals surface area contributed by atoms with Crippen molar-refractivity contribution in [1.29, 1.82) is 0 Å². The molecule has 0 unspecified atom stereocenters. The Bertz CT molecular complexity index is 962. The van der Waals surface area contributed by atoms with Gasteiger partial charge in [-0.3, -0.25) is 4.79 Å². The van der Waals surface area contributed by atoms with Crippen LogP contribution in [-0.2, 0) is 4.79 Å². The summed E-state index contributed by atoms with van der Waals surface area (Å²) in [5.41, 5.74) is 1.49. The summed E-state index contributed by atoms with van der Waals surface area (Å²) in [7, 11) is 3.14. The molecule has 28 heavy (non-hydrogen) atoms. The predicted molar refractivity (Wildman–Crippen MR) is 103 cm³/mol. The fourth-order valence-corrected chi connectivity index (χ4v) is 2.54. The largest absolute Gasteiger partial charge is 0.493 e. The third-order valence-electron chi connectivity index (χ3n) is 3.90. The lowest BCUT2D eigenvalue weighted by atomic mass is 10.2. The molecule has 1 aromatic heterocycles. The minimum Gasteiger partial charge on any atom is -0.493 e. The number of carbonyl (C=O) groups excluding carboxylic acids is 1. The number of nitrogens with one attached hydrogen (secondary N) is 2. The lowest BCUT2D eigenvalue weighted by Crippen LogP contribution is -2.29. The van der Waals surface area contributed by atoms with Gasteiger partial charge < -0.3 is 30.0 Å². The number of rotatable bonds is 8. The van der Waals surface area contributed by atoms with Crippen molar-refractivity contribution in [2.24, 2.45) is 0 Å². The topological polar surface area (TPSA) is 115 Å². The molecule has 0 saturated heterocycles. The van der Waals surface area contributed by atoms with Crippen LogP contribution in [-0.4, -0.2) is 48.5 Å². The molecule has 0 spiro atoms. The number of hydrogen-bond acceptors (Lipinski definition) is 8. The van der Waals surface area contributed by atoms with Gasteiger partial charge in [-0.25, -0.2) is 9.97 Å². The van der Waals surface area contributed by atoms with Crippen molar-refractivity contribution in [3.05, 3.63) is 42.7 Å². The van der Waals surface area contributed by atoms with Crippen LogP contribution < -0.4 is 24.8 Å². The summed E-state index contributed by atoms with van der Waals surface area (Å²) in [5.74, 6) is 1.91. The maximum atomic E-state index is 11.3. The van der Waals surface area contributed by atoms with Gasteiger partial charge in [-0.2, -0.15) is 0 Å². The Morgan fingerprint density at radius 1 is 1.07 bits per heavy atom. The number of carbonyl (C=O) groups is 1. The SMILES string of the molecule is COc1cc2ncnc(Nc3ccc(OCC(=O)NCO)cc3)c2cc1OC. The first-order valence-electron chi connectivity index (χ1n) is 8.38. The zero-order chi connectivity index (χ0) is 19.9. The fraction of sp³-hybridized carbons (Fsp3) is 0.211. The van der Waals surface area contributed by atoms with Crippen LogP contribution in [0.2, 0.25) is 0 Å². The first-order chi connectivity index (χ1) is 13.6. The highest BCUT2D eigenvalue weighted by Crippen LogP contribution is 2.34. The zero-order valence-corrected chi connectivity index (χ0v) is 15.4. The summed E-state index contributed by atoms with van der Waals surface area (Å²) in [5, 5.41) is 14.9. The van der Waals surface area contributed by atoms with E-state index in [1.54, 1.807) is 44.6 Å². The molecule has 1 heterocycles. The van der Waals surface area contributed by atoms with Gasteiger partial charge in [0, 0.05) is 17.1 Å². The van der Waals surface area contributed by atoms with Crippen molar-refractivity contribution >= 4 is 28.3 Å². The molecule has 2 aromatic carbocycles. The third-order valence-corrected chi connectivity index (χ3v) is 3.90. The molecule has 0 radical (unpaired) electrons. The van der Waals surface area contributed by atoms with E-state index >= 15 is 0 Å². The van der Waals surface area contributed by atoms with E-state index in [9.17, 15) is 4.79 Å². The minimum atomic E-state index is -0.422. The number of aliphatic hydroxyl groups is 1. The molecule has 3 N–H and O–H groups in total. The quantitative estimate of drug-likeness (QED) is 0.504. The Labute approximate surface area is 161 Å². The molecule has 9 nitrogen and oxygen atoms in total. The van der Waals surface area contributed by atoms with Gasteiger partial charge >= 0.3 is 0 Å². The van der Waals surface area contributed by atoms with Crippen molar-refractivity contribution in [1.82, 2.24) is 15.3 Å². The smallest absolute Gasteiger partial charge is 0.259 e. The van der Waals surface area contributed by atoms with Gasteiger partial charge in [0.15, 0.2) is 18.1 Å². The summed E-state index contributed by atoms with van der Waals surface area (Å²) < 4.78 is 16.0. The van der Waals surface area contributed by atoms with E-state index in [2.05, 4.69) is 20.6 Å². The number of benzene rings is 2. The maximum Gasteiger partial charge on any atom is 0.259 e. The molecule has 0 saturated carbocycles. The zero-order valence-electron chi connectivity index (χ0n) is 15.4.